The molecule has 1 atom stereocenters. The van der Waals surface area contributed by atoms with Crippen LogP contribution in [0.25, 0.3) is 0 Å². The van der Waals surface area contributed by atoms with Crippen LogP contribution in [0, 0.1) is 0 Å². The molecule has 2 aromatic carbocycles. The summed E-state index contributed by atoms with van der Waals surface area (Å²) in [6, 6.07) is 14.8. The molecule has 6 heteroatoms. The van der Waals surface area contributed by atoms with Gasteiger partial charge in [0.15, 0.2) is 0 Å². The van der Waals surface area contributed by atoms with Gasteiger partial charge in [-0.25, -0.2) is 0 Å². The minimum Gasteiger partial charge on any atom is -0.497 e. The van der Waals surface area contributed by atoms with Crippen LogP contribution in [-0.2, 0) is 4.79 Å². The van der Waals surface area contributed by atoms with E-state index in [9.17, 15) is 9.59 Å². The number of hydrogen-bond donors (Lipinski definition) is 1. The molecule has 0 radical (unpaired) electrons. The van der Waals surface area contributed by atoms with Crippen molar-refractivity contribution >= 4 is 23.4 Å². The summed E-state index contributed by atoms with van der Waals surface area (Å²) in [5.74, 6) is 0.802. The largest absolute Gasteiger partial charge is 0.497 e. The van der Waals surface area contributed by atoms with Gasteiger partial charge in [-0.05, 0) is 61.2 Å². The molecule has 0 aromatic heterocycles. The molecule has 0 bridgehead atoms. The summed E-state index contributed by atoms with van der Waals surface area (Å²) in [7, 11) is 1.64. The van der Waals surface area contributed by atoms with Gasteiger partial charge in [-0.15, -0.1) is 0 Å². The lowest BCUT2D eigenvalue weighted by atomic mass is 10.0. The zero-order chi connectivity index (χ0) is 19.9. The Balaban J connectivity index is 1.47. The molecule has 5 nitrogen and oxygen atoms in total. The molecule has 2 amide bonds. The maximum atomic E-state index is 12.7. The van der Waals surface area contributed by atoms with Crippen molar-refractivity contribution in [1.82, 2.24) is 10.2 Å². The highest BCUT2D eigenvalue weighted by Crippen LogP contribution is 2.33. The molecule has 3 rings (SSSR count). The molecule has 0 saturated carbocycles. The summed E-state index contributed by atoms with van der Waals surface area (Å²) < 4.78 is 5.21. The summed E-state index contributed by atoms with van der Waals surface area (Å²) in [6.45, 7) is 1.25. The normalized spacial score (nSPS) is 16.1. The number of benzene rings is 2. The zero-order valence-corrected chi connectivity index (χ0v) is 16.7. The molecule has 1 unspecified atom stereocenters. The molecule has 1 heterocycles. The number of amides is 2. The first-order valence-corrected chi connectivity index (χ1v) is 9.93. The van der Waals surface area contributed by atoms with Gasteiger partial charge in [0, 0.05) is 30.1 Å². The molecule has 1 aliphatic heterocycles. The summed E-state index contributed by atoms with van der Waals surface area (Å²) in [6.07, 6.45) is 3.03. The average molecular weight is 401 g/mol. The minimum absolute atomic E-state index is 0.127. The van der Waals surface area contributed by atoms with E-state index in [4.69, 9.17) is 16.3 Å². The lowest BCUT2D eigenvalue weighted by molar-refractivity contribution is -0.132. The molecule has 0 spiro atoms. The Labute approximate surface area is 170 Å². The van der Waals surface area contributed by atoms with Crippen molar-refractivity contribution in [2.45, 2.75) is 31.7 Å². The van der Waals surface area contributed by atoms with Crippen LogP contribution in [0.4, 0.5) is 0 Å². The van der Waals surface area contributed by atoms with Crippen molar-refractivity contribution in [1.29, 1.82) is 0 Å². The molecule has 1 saturated heterocycles. The topological polar surface area (TPSA) is 58.6 Å². The number of rotatable bonds is 7. The fourth-order valence-corrected chi connectivity index (χ4v) is 3.65. The van der Waals surface area contributed by atoms with Crippen LogP contribution in [0.5, 0.6) is 5.75 Å². The number of carbonyl (C=O) groups is 2. The van der Waals surface area contributed by atoms with Gasteiger partial charge in [0.2, 0.25) is 5.91 Å². The predicted molar refractivity (Wildman–Crippen MR) is 110 cm³/mol. The van der Waals surface area contributed by atoms with Gasteiger partial charge < -0.3 is 15.0 Å². The second kappa shape index (κ2) is 9.60. The fraction of sp³-hybridized carbons (Fsp3) is 0.364. The number of carbonyl (C=O) groups excluding carboxylic acids is 2. The predicted octanol–water partition coefficient (Wildman–Crippen LogP) is 4.22. The third-order valence-electron chi connectivity index (χ3n) is 5.03. The van der Waals surface area contributed by atoms with E-state index in [0.29, 0.717) is 30.0 Å². The first kappa shape index (κ1) is 20.2. The van der Waals surface area contributed by atoms with E-state index in [2.05, 4.69) is 5.32 Å². The van der Waals surface area contributed by atoms with Crippen molar-refractivity contribution in [2.75, 3.05) is 20.2 Å². The third kappa shape index (κ3) is 5.04. The van der Waals surface area contributed by atoms with E-state index in [0.717, 1.165) is 30.7 Å². The highest BCUT2D eigenvalue weighted by Gasteiger charge is 2.29. The Morgan fingerprint density at radius 1 is 1.14 bits per heavy atom. The maximum Gasteiger partial charge on any atom is 0.251 e. The first-order valence-electron chi connectivity index (χ1n) is 9.55. The second-order valence-corrected chi connectivity index (χ2v) is 7.32. The Morgan fingerprint density at radius 2 is 1.86 bits per heavy atom. The molecular formula is C22H25ClN2O3. The summed E-state index contributed by atoms with van der Waals surface area (Å²) >= 11 is 5.83. The quantitative estimate of drug-likeness (QED) is 0.708. The average Bonchev–Trinajstić information content (AvgIpc) is 3.21. The number of halogens is 1. The molecule has 148 valence electrons. The summed E-state index contributed by atoms with van der Waals surface area (Å²) in [5, 5.41) is 3.45. The molecular weight excluding hydrogens is 376 g/mol. The molecule has 2 aromatic rings. The summed E-state index contributed by atoms with van der Waals surface area (Å²) in [5.41, 5.74) is 1.71. The molecule has 1 fully saturated rings. The van der Waals surface area contributed by atoms with Crippen LogP contribution >= 0.6 is 11.6 Å². The van der Waals surface area contributed by atoms with E-state index in [1.165, 1.54) is 0 Å². The van der Waals surface area contributed by atoms with Gasteiger partial charge in [-0.3, -0.25) is 9.59 Å². The van der Waals surface area contributed by atoms with Crippen LogP contribution in [0.3, 0.4) is 0 Å². The number of methoxy groups -OCH3 is 1. The lowest BCUT2D eigenvalue weighted by Gasteiger charge is -2.25. The Hall–Kier alpha value is -2.53. The van der Waals surface area contributed by atoms with Crippen LogP contribution in [0.2, 0.25) is 5.02 Å². The Kier molecular flexibility index (Phi) is 6.93. The van der Waals surface area contributed by atoms with Gasteiger partial charge in [-0.2, -0.15) is 0 Å². The molecule has 0 aliphatic carbocycles. The van der Waals surface area contributed by atoms with Crippen molar-refractivity contribution in [3.63, 3.8) is 0 Å². The summed E-state index contributed by atoms with van der Waals surface area (Å²) in [4.78, 5) is 26.7. The smallest absolute Gasteiger partial charge is 0.251 e. The number of nitrogens with one attached hydrogen (secondary N) is 1. The van der Waals surface area contributed by atoms with E-state index in [1.54, 1.807) is 31.4 Å². The van der Waals surface area contributed by atoms with Crippen LogP contribution in [0.1, 0.15) is 47.6 Å². The van der Waals surface area contributed by atoms with Crippen LogP contribution < -0.4 is 10.1 Å². The molecule has 28 heavy (non-hydrogen) atoms. The SMILES string of the molecule is COc1ccc(C2CCCN2C(=O)CCCNC(=O)c2ccc(Cl)cc2)cc1. The fourth-order valence-electron chi connectivity index (χ4n) is 3.53. The van der Waals surface area contributed by atoms with Crippen molar-refractivity contribution in [2.24, 2.45) is 0 Å². The maximum absolute atomic E-state index is 12.7. The third-order valence-corrected chi connectivity index (χ3v) is 5.29. The minimum atomic E-state index is -0.151. The van der Waals surface area contributed by atoms with Crippen molar-refractivity contribution < 1.29 is 14.3 Å². The van der Waals surface area contributed by atoms with Crippen LogP contribution in [-0.4, -0.2) is 36.9 Å². The Bertz CT molecular complexity index is 806. The van der Waals surface area contributed by atoms with E-state index in [-0.39, 0.29) is 17.9 Å². The highest BCUT2D eigenvalue weighted by atomic mass is 35.5. The number of ether oxygens (including phenoxy) is 1. The van der Waals surface area contributed by atoms with E-state index in [1.807, 2.05) is 29.2 Å². The van der Waals surface area contributed by atoms with Crippen molar-refractivity contribution in [3.8, 4) is 5.75 Å². The van der Waals surface area contributed by atoms with Gasteiger partial charge in [0.05, 0.1) is 13.2 Å². The van der Waals surface area contributed by atoms with E-state index >= 15 is 0 Å². The number of likely N-dealkylation sites (tertiary alicyclic amines) is 1. The van der Waals surface area contributed by atoms with Crippen LogP contribution in [0.15, 0.2) is 48.5 Å². The van der Waals surface area contributed by atoms with Gasteiger partial charge in [0.25, 0.3) is 5.91 Å². The lowest BCUT2D eigenvalue weighted by Crippen LogP contribution is -2.31. The van der Waals surface area contributed by atoms with Gasteiger partial charge in [-0.1, -0.05) is 23.7 Å². The number of hydrogen-bond acceptors (Lipinski definition) is 3. The molecule has 1 aliphatic rings. The highest BCUT2D eigenvalue weighted by molar-refractivity contribution is 6.30. The molecule has 1 N–H and O–H groups in total. The standard InChI is InChI=1S/C22H25ClN2O3/c1-28-19-12-8-16(9-13-19)20-4-3-15-25(20)21(26)5-2-14-24-22(27)17-6-10-18(23)11-7-17/h6-13,20H,2-5,14-15H2,1H3,(H,24,27). The van der Waals surface area contributed by atoms with Crippen molar-refractivity contribution in [3.05, 3.63) is 64.7 Å². The first-order chi connectivity index (χ1) is 13.6. The monoisotopic (exact) mass is 400 g/mol. The second-order valence-electron chi connectivity index (χ2n) is 6.88. The zero-order valence-electron chi connectivity index (χ0n) is 16.0. The van der Waals surface area contributed by atoms with Gasteiger partial charge in [0.1, 0.15) is 5.75 Å². The van der Waals surface area contributed by atoms with Gasteiger partial charge >= 0.3 is 0 Å². The number of nitrogens with zero attached hydrogens (tertiary/aromatic N) is 1. The van der Waals surface area contributed by atoms with E-state index < -0.39 is 0 Å². The Morgan fingerprint density at radius 3 is 2.54 bits per heavy atom.